The summed E-state index contributed by atoms with van der Waals surface area (Å²) in [4.78, 5) is 16.6. The van der Waals surface area contributed by atoms with Crippen molar-refractivity contribution in [2.45, 2.75) is 6.61 Å². The summed E-state index contributed by atoms with van der Waals surface area (Å²) in [6.07, 6.45) is 0. The first kappa shape index (κ1) is 17.8. The molecule has 3 rings (SSSR count). The molecule has 0 aliphatic carbocycles. The van der Waals surface area contributed by atoms with Crippen molar-refractivity contribution in [2.75, 3.05) is 19.5 Å². The molecule has 0 atom stereocenters. The number of rotatable bonds is 7. The van der Waals surface area contributed by atoms with Gasteiger partial charge in [0, 0.05) is 17.0 Å². The third-order valence-corrected chi connectivity index (χ3v) is 4.28. The number of hydrogen-bond acceptors (Lipinski definition) is 6. The standard InChI is InChI=1S/C19H18N2O4S/c1-23-16-7-8-18(24-2)17(9-16)21-19(22)13-3-5-15(6-4-13)25-10-14-11-26-12-20-14/h3-9,11-12H,10H2,1-2H3,(H,21,22). The summed E-state index contributed by atoms with van der Waals surface area (Å²) in [6, 6.07) is 12.1. The van der Waals surface area contributed by atoms with Crippen LogP contribution in [0.1, 0.15) is 16.1 Å². The highest BCUT2D eigenvalue weighted by atomic mass is 32.1. The molecule has 2 aromatic carbocycles. The average molecular weight is 370 g/mol. The van der Waals surface area contributed by atoms with E-state index in [2.05, 4.69) is 10.3 Å². The highest BCUT2D eigenvalue weighted by Gasteiger charge is 2.11. The summed E-state index contributed by atoms with van der Waals surface area (Å²) >= 11 is 1.52. The smallest absolute Gasteiger partial charge is 0.255 e. The van der Waals surface area contributed by atoms with E-state index in [1.54, 1.807) is 62.2 Å². The molecule has 7 heteroatoms. The van der Waals surface area contributed by atoms with Gasteiger partial charge in [0.2, 0.25) is 0 Å². The number of nitrogens with one attached hydrogen (secondary N) is 1. The first-order chi connectivity index (χ1) is 12.7. The molecule has 0 spiro atoms. The lowest BCUT2D eigenvalue weighted by Gasteiger charge is -2.12. The number of anilines is 1. The van der Waals surface area contributed by atoms with Gasteiger partial charge in [-0.2, -0.15) is 0 Å². The van der Waals surface area contributed by atoms with E-state index < -0.39 is 0 Å². The van der Waals surface area contributed by atoms with Crippen LogP contribution in [0.4, 0.5) is 5.69 Å². The number of aromatic nitrogens is 1. The van der Waals surface area contributed by atoms with Crippen molar-refractivity contribution in [1.29, 1.82) is 0 Å². The van der Waals surface area contributed by atoms with Crippen molar-refractivity contribution < 1.29 is 19.0 Å². The molecule has 134 valence electrons. The van der Waals surface area contributed by atoms with Gasteiger partial charge < -0.3 is 19.5 Å². The Morgan fingerprint density at radius 2 is 1.85 bits per heavy atom. The number of methoxy groups -OCH3 is 2. The molecule has 0 aliphatic heterocycles. The van der Waals surface area contributed by atoms with Crippen LogP contribution in [0.3, 0.4) is 0 Å². The molecule has 1 N–H and O–H groups in total. The van der Waals surface area contributed by atoms with E-state index in [1.165, 1.54) is 11.3 Å². The van der Waals surface area contributed by atoms with Gasteiger partial charge in [-0.3, -0.25) is 4.79 Å². The lowest BCUT2D eigenvalue weighted by atomic mass is 10.2. The van der Waals surface area contributed by atoms with Crippen LogP contribution >= 0.6 is 11.3 Å². The summed E-state index contributed by atoms with van der Waals surface area (Å²) in [5.74, 6) is 1.62. The average Bonchev–Trinajstić information content (AvgIpc) is 3.20. The van der Waals surface area contributed by atoms with Crippen LogP contribution in [0.5, 0.6) is 17.2 Å². The zero-order chi connectivity index (χ0) is 18.4. The highest BCUT2D eigenvalue weighted by Crippen LogP contribution is 2.29. The summed E-state index contributed by atoms with van der Waals surface area (Å²) in [7, 11) is 3.11. The Hall–Kier alpha value is -3.06. The minimum Gasteiger partial charge on any atom is -0.497 e. The van der Waals surface area contributed by atoms with Crippen molar-refractivity contribution >= 4 is 22.9 Å². The molecule has 0 saturated carbocycles. The van der Waals surface area contributed by atoms with Crippen molar-refractivity contribution in [3.05, 3.63) is 64.6 Å². The predicted octanol–water partition coefficient (Wildman–Crippen LogP) is 3.99. The number of carbonyl (C=O) groups excluding carboxylic acids is 1. The molecule has 0 unspecified atom stereocenters. The van der Waals surface area contributed by atoms with Crippen LogP contribution < -0.4 is 19.5 Å². The Bertz CT molecular complexity index is 864. The molecule has 0 fully saturated rings. The van der Waals surface area contributed by atoms with Gasteiger partial charge in [0.1, 0.15) is 23.9 Å². The van der Waals surface area contributed by atoms with Gasteiger partial charge in [-0.1, -0.05) is 0 Å². The van der Waals surface area contributed by atoms with Crippen molar-refractivity contribution in [3.63, 3.8) is 0 Å². The third kappa shape index (κ3) is 4.31. The molecule has 26 heavy (non-hydrogen) atoms. The van der Waals surface area contributed by atoms with Gasteiger partial charge in [0.15, 0.2) is 0 Å². The van der Waals surface area contributed by atoms with Crippen LogP contribution in [0, 0.1) is 0 Å². The molecule has 1 heterocycles. The quantitative estimate of drug-likeness (QED) is 0.681. The SMILES string of the molecule is COc1ccc(OC)c(NC(=O)c2ccc(OCc3cscn3)cc2)c1. The molecule has 1 aromatic heterocycles. The fourth-order valence-electron chi connectivity index (χ4n) is 2.27. The van der Waals surface area contributed by atoms with Gasteiger partial charge in [-0.15, -0.1) is 11.3 Å². The lowest BCUT2D eigenvalue weighted by Crippen LogP contribution is -2.12. The van der Waals surface area contributed by atoms with E-state index in [9.17, 15) is 4.79 Å². The van der Waals surface area contributed by atoms with Crippen LogP contribution in [0.2, 0.25) is 0 Å². The zero-order valence-electron chi connectivity index (χ0n) is 14.4. The van der Waals surface area contributed by atoms with Crippen LogP contribution in [0.15, 0.2) is 53.4 Å². The molecular weight excluding hydrogens is 352 g/mol. The Labute approximate surface area is 155 Å². The fraction of sp³-hybridized carbons (Fsp3) is 0.158. The van der Waals surface area contributed by atoms with Gasteiger partial charge >= 0.3 is 0 Å². The van der Waals surface area contributed by atoms with Crippen molar-refractivity contribution in [2.24, 2.45) is 0 Å². The first-order valence-electron chi connectivity index (χ1n) is 7.83. The summed E-state index contributed by atoms with van der Waals surface area (Å²) in [5, 5.41) is 4.77. The minimum atomic E-state index is -0.248. The first-order valence-corrected chi connectivity index (χ1v) is 8.77. The van der Waals surface area contributed by atoms with E-state index in [4.69, 9.17) is 14.2 Å². The number of hydrogen-bond donors (Lipinski definition) is 1. The second kappa shape index (κ2) is 8.35. The number of carbonyl (C=O) groups is 1. The number of nitrogens with zero attached hydrogens (tertiary/aromatic N) is 1. The molecule has 3 aromatic rings. The maximum absolute atomic E-state index is 12.5. The van der Waals surface area contributed by atoms with Crippen LogP contribution in [-0.4, -0.2) is 25.1 Å². The zero-order valence-corrected chi connectivity index (χ0v) is 15.2. The number of amides is 1. The Morgan fingerprint density at radius 3 is 2.50 bits per heavy atom. The van der Waals surface area contributed by atoms with E-state index in [0.717, 1.165) is 5.69 Å². The largest absolute Gasteiger partial charge is 0.497 e. The fourth-order valence-corrected chi connectivity index (χ4v) is 2.82. The van der Waals surface area contributed by atoms with Crippen LogP contribution in [0.25, 0.3) is 0 Å². The molecular formula is C19H18N2O4S. The van der Waals surface area contributed by atoms with Crippen LogP contribution in [-0.2, 0) is 6.61 Å². The topological polar surface area (TPSA) is 69.7 Å². The van der Waals surface area contributed by atoms with Crippen molar-refractivity contribution in [1.82, 2.24) is 4.98 Å². The molecule has 1 amide bonds. The molecule has 0 aliphatic rings. The van der Waals surface area contributed by atoms with E-state index >= 15 is 0 Å². The summed E-state index contributed by atoms with van der Waals surface area (Å²) in [6.45, 7) is 0.399. The van der Waals surface area contributed by atoms with Crippen molar-refractivity contribution in [3.8, 4) is 17.2 Å². The number of thiazole rings is 1. The molecule has 0 saturated heterocycles. The summed E-state index contributed by atoms with van der Waals surface area (Å²) < 4.78 is 16.1. The Morgan fingerprint density at radius 1 is 1.08 bits per heavy atom. The lowest BCUT2D eigenvalue weighted by molar-refractivity contribution is 0.102. The second-order valence-electron chi connectivity index (χ2n) is 5.31. The number of benzene rings is 2. The van der Waals surface area contributed by atoms with Gasteiger partial charge in [-0.25, -0.2) is 4.98 Å². The van der Waals surface area contributed by atoms with Gasteiger partial charge in [0.25, 0.3) is 5.91 Å². The number of ether oxygens (including phenoxy) is 3. The second-order valence-corrected chi connectivity index (χ2v) is 6.03. The molecule has 0 radical (unpaired) electrons. The predicted molar refractivity (Wildman–Crippen MR) is 100 cm³/mol. The third-order valence-electron chi connectivity index (χ3n) is 3.64. The Balaban J connectivity index is 1.66. The van der Waals surface area contributed by atoms with E-state index in [1.807, 2.05) is 5.38 Å². The maximum Gasteiger partial charge on any atom is 0.255 e. The van der Waals surface area contributed by atoms with Gasteiger partial charge in [0.05, 0.1) is 31.1 Å². The highest BCUT2D eigenvalue weighted by molar-refractivity contribution is 7.07. The minimum absolute atomic E-state index is 0.248. The molecule has 6 nitrogen and oxygen atoms in total. The van der Waals surface area contributed by atoms with Gasteiger partial charge in [-0.05, 0) is 36.4 Å². The Kier molecular flexibility index (Phi) is 5.70. The van der Waals surface area contributed by atoms with E-state index in [-0.39, 0.29) is 5.91 Å². The molecule has 0 bridgehead atoms. The van der Waals surface area contributed by atoms with E-state index in [0.29, 0.717) is 35.1 Å². The maximum atomic E-state index is 12.5. The normalized spacial score (nSPS) is 10.2. The monoisotopic (exact) mass is 370 g/mol. The summed E-state index contributed by atoms with van der Waals surface area (Å²) in [5.41, 5.74) is 3.69.